The van der Waals surface area contributed by atoms with Crippen LogP contribution in [0.3, 0.4) is 0 Å². The Morgan fingerprint density at radius 1 is 0.931 bits per heavy atom. The Morgan fingerprint density at radius 3 is 2.00 bits per heavy atom. The molecule has 0 radical (unpaired) electrons. The monoisotopic (exact) mass is 394 g/mol. The highest BCUT2D eigenvalue weighted by Gasteiger charge is 2.23. The summed E-state index contributed by atoms with van der Waals surface area (Å²) in [6.07, 6.45) is 0. The van der Waals surface area contributed by atoms with E-state index in [4.69, 9.17) is 0 Å². The van der Waals surface area contributed by atoms with E-state index in [-0.39, 0.29) is 18.5 Å². The van der Waals surface area contributed by atoms with Gasteiger partial charge < -0.3 is 5.32 Å². The molecule has 0 bridgehead atoms. The summed E-state index contributed by atoms with van der Waals surface area (Å²) in [4.78, 5) is 14.7. The predicted octanol–water partition coefficient (Wildman–Crippen LogP) is 4.69. The molecule has 0 heterocycles. The van der Waals surface area contributed by atoms with Crippen molar-refractivity contribution in [2.75, 3.05) is 7.05 Å². The van der Waals surface area contributed by atoms with E-state index >= 15 is 0 Å². The van der Waals surface area contributed by atoms with E-state index in [9.17, 15) is 13.6 Å². The molecule has 3 aromatic carbocycles. The van der Waals surface area contributed by atoms with Crippen molar-refractivity contribution in [2.45, 2.75) is 25.6 Å². The summed E-state index contributed by atoms with van der Waals surface area (Å²) in [6, 6.07) is 22.2. The molecule has 0 aromatic heterocycles. The molecule has 29 heavy (non-hydrogen) atoms. The minimum absolute atomic E-state index is 0.173. The Labute approximate surface area is 170 Å². The summed E-state index contributed by atoms with van der Waals surface area (Å²) in [5.74, 6) is -1.41. The first kappa shape index (κ1) is 20.7. The van der Waals surface area contributed by atoms with Gasteiger partial charge in [0.05, 0.1) is 12.1 Å². The number of likely N-dealkylation sites (N-methyl/N-ethyl adjacent to an activating group) is 1. The van der Waals surface area contributed by atoms with Crippen LogP contribution in [0.15, 0.2) is 78.9 Å². The standard InChI is InChI=1S/C24H24F2N2O/c1-17(28(2)16-20-13-14-21(25)15-22(20)26)24(29)27-23(18-9-5-3-6-10-18)19-11-7-4-8-12-19/h3-15,17,23H,16H2,1-2H3,(H,27,29). The average Bonchev–Trinajstić information content (AvgIpc) is 2.74. The average molecular weight is 394 g/mol. The van der Waals surface area contributed by atoms with Crippen molar-refractivity contribution in [3.05, 3.63) is 107 Å². The largest absolute Gasteiger partial charge is 0.344 e. The second kappa shape index (κ2) is 9.43. The van der Waals surface area contributed by atoms with E-state index in [1.165, 1.54) is 12.1 Å². The van der Waals surface area contributed by atoms with Gasteiger partial charge in [0.25, 0.3) is 0 Å². The first-order valence-corrected chi connectivity index (χ1v) is 9.50. The number of nitrogens with one attached hydrogen (secondary N) is 1. The highest BCUT2D eigenvalue weighted by Crippen LogP contribution is 2.22. The van der Waals surface area contributed by atoms with Gasteiger partial charge in [-0.2, -0.15) is 0 Å². The Kier molecular flexibility index (Phi) is 6.73. The number of nitrogens with zero attached hydrogens (tertiary/aromatic N) is 1. The van der Waals surface area contributed by atoms with Crippen molar-refractivity contribution in [1.29, 1.82) is 0 Å². The van der Waals surface area contributed by atoms with Crippen LogP contribution in [0.2, 0.25) is 0 Å². The summed E-state index contributed by atoms with van der Waals surface area (Å²) in [6.45, 7) is 1.96. The van der Waals surface area contributed by atoms with Crippen LogP contribution in [-0.4, -0.2) is 23.9 Å². The summed E-state index contributed by atoms with van der Waals surface area (Å²) in [5.41, 5.74) is 2.30. The molecule has 0 aliphatic carbocycles. The van der Waals surface area contributed by atoms with Crippen LogP contribution in [0.5, 0.6) is 0 Å². The Balaban J connectivity index is 1.75. The molecule has 3 rings (SSSR count). The Hall–Kier alpha value is -3.05. The smallest absolute Gasteiger partial charge is 0.237 e. The van der Waals surface area contributed by atoms with Crippen LogP contribution in [0, 0.1) is 11.6 Å². The van der Waals surface area contributed by atoms with Crippen LogP contribution in [-0.2, 0) is 11.3 Å². The van der Waals surface area contributed by atoms with Crippen LogP contribution in [0.25, 0.3) is 0 Å². The quantitative estimate of drug-likeness (QED) is 0.631. The molecule has 3 nitrogen and oxygen atoms in total. The maximum Gasteiger partial charge on any atom is 0.237 e. The molecular weight excluding hydrogens is 370 g/mol. The summed E-state index contributed by atoms with van der Waals surface area (Å²) < 4.78 is 27.1. The van der Waals surface area contributed by atoms with Gasteiger partial charge in [0, 0.05) is 18.2 Å². The van der Waals surface area contributed by atoms with E-state index in [2.05, 4.69) is 5.32 Å². The molecule has 1 amide bonds. The normalized spacial score (nSPS) is 12.2. The molecule has 0 saturated carbocycles. The summed E-state index contributed by atoms with van der Waals surface area (Å²) in [5, 5.41) is 3.11. The van der Waals surface area contributed by atoms with Crippen molar-refractivity contribution in [3.63, 3.8) is 0 Å². The second-order valence-electron chi connectivity index (χ2n) is 7.09. The number of benzene rings is 3. The molecule has 1 atom stereocenters. The number of hydrogen-bond donors (Lipinski definition) is 1. The lowest BCUT2D eigenvalue weighted by molar-refractivity contribution is -0.126. The number of carbonyl (C=O) groups excluding carboxylic acids is 1. The number of amides is 1. The summed E-state index contributed by atoms with van der Waals surface area (Å²) >= 11 is 0. The number of halogens is 2. The minimum Gasteiger partial charge on any atom is -0.344 e. The number of carbonyl (C=O) groups is 1. The van der Waals surface area contributed by atoms with Crippen molar-refractivity contribution >= 4 is 5.91 Å². The van der Waals surface area contributed by atoms with Crippen LogP contribution in [0.4, 0.5) is 8.78 Å². The fourth-order valence-electron chi connectivity index (χ4n) is 3.17. The Bertz CT molecular complexity index is 908. The van der Waals surface area contributed by atoms with Crippen LogP contribution < -0.4 is 5.32 Å². The van der Waals surface area contributed by atoms with E-state index in [1.807, 2.05) is 60.7 Å². The van der Waals surface area contributed by atoms with Gasteiger partial charge in [-0.1, -0.05) is 66.7 Å². The molecule has 0 fully saturated rings. The van der Waals surface area contributed by atoms with Gasteiger partial charge in [-0.3, -0.25) is 9.69 Å². The SMILES string of the molecule is CC(C(=O)NC(c1ccccc1)c1ccccc1)N(C)Cc1ccc(F)cc1F. The molecule has 1 unspecified atom stereocenters. The van der Waals surface area contributed by atoms with E-state index in [0.29, 0.717) is 5.56 Å². The molecule has 0 saturated heterocycles. The van der Waals surface area contributed by atoms with Gasteiger partial charge in [-0.15, -0.1) is 0 Å². The van der Waals surface area contributed by atoms with Crippen LogP contribution in [0.1, 0.15) is 29.7 Å². The third-order valence-corrected chi connectivity index (χ3v) is 5.03. The van der Waals surface area contributed by atoms with Crippen molar-refractivity contribution in [2.24, 2.45) is 0 Å². The molecule has 0 spiro atoms. The zero-order valence-corrected chi connectivity index (χ0v) is 16.5. The fraction of sp³-hybridized carbons (Fsp3) is 0.208. The Morgan fingerprint density at radius 2 is 1.48 bits per heavy atom. The van der Waals surface area contributed by atoms with E-state index in [1.54, 1.807) is 18.9 Å². The third-order valence-electron chi connectivity index (χ3n) is 5.03. The second-order valence-corrected chi connectivity index (χ2v) is 7.09. The predicted molar refractivity (Wildman–Crippen MR) is 110 cm³/mol. The summed E-state index contributed by atoms with van der Waals surface area (Å²) in [7, 11) is 1.74. The zero-order chi connectivity index (χ0) is 20.8. The molecule has 5 heteroatoms. The van der Waals surface area contributed by atoms with E-state index in [0.717, 1.165) is 17.2 Å². The molecule has 0 aliphatic heterocycles. The first-order valence-electron chi connectivity index (χ1n) is 9.50. The fourth-order valence-corrected chi connectivity index (χ4v) is 3.17. The number of rotatable bonds is 7. The van der Waals surface area contributed by atoms with Gasteiger partial charge in [0.2, 0.25) is 5.91 Å². The van der Waals surface area contributed by atoms with Gasteiger partial charge >= 0.3 is 0 Å². The van der Waals surface area contributed by atoms with Gasteiger partial charge in [-0.05, 0) is 31.2 Å². The van der Waals surface area contributed by atoms with Crippen molar-refractivity contribution in [3.8, 4) is 0 Å². The van der Waals surface area contributed by atoms with Crippen molar-refractivity contribution < 1.29 is 13.6 Å². The molecular formula is C24H24F2N2O. The molecule has 0 aliphatic rings. The zero-order valence-electron chi connectivity index (χ0n) is 16.5. The van der Waals surface area contributed by atoms with E-state index < -0.39 is 17.7 Å². The van der Waals surface area contributed by atoms with Crippen molar-refractivity contribution in [1.82, 2.24) is 10.2 Å². The highest BCUT2D eigenvalue weighted by atomic mass is 19.1. The maximum atomic E-state index is 14.0. The van der Waals surface area contributed by atoms with Gasteiger partial charge in [0.1, 0.15) is 11.6 Å². The topological polar surface area (TPSA) is 32.3 Å². The highest BCUT2D eigenvalue weighted by molar-refractivity contribution is 5.82. The lowest BCUT2D eigenvalue weighted by Crippen LogP contribution is -2.44. The lowest BCUT2D eigenvalue weighted by Gasteiger charge is -2.27. The number of hydrogen-bond acceptors (Lipinski definition) is 2. The van der Waals surface area contributed by atoms with Gasteiger partial charge in [0.15, 0.2) is 0 Å². The first-order chi connectivity index (χ1) is 14.0. The minimum atomic E-state index is -0.617. The van der Waals surface area contributed by atoms with Crippen LogP contribution >= 0.6 is 0 Å². The maximum absolute atomic E-state index is 14.0. The molecule has 150 valence electrons. The molecule has 1 N–H and O–H groups in total. The lowest BCUT2D eigenvalue weighted by atomic mass is 9.98. The third kappa shape index (κ3) is 5.27. The van der Waals surface area contributed by atoms with Gasteiger partial charge in [-0.25, -0.2) is 8.78 Å². The molecule has 3 aromatic rings.